The lowest BCUT2D eigenvalue weighted by Gasteiger charge is -2.05. The quantitative estimate of drug-likeness (QED) is 0.460. The molecule has 0 aliphatic heterocycles. The highest BCUT2D eigenvalue weighted by Gasteiger charge is 2.13. The molecule has 29 heavy (non-hydrogen) atoms. The van der Waals surface area contributed by atoms with Crippen LogP contribution in [0.1, 0.15) is 46.0 Å². The predicted octanol–water partition coefficient (Wildman–Crippen LogP) is 4.20. The van der Waals surface area contributed by atoms with Crippen LogP contribution in [-0.2, 0) is 11.2 Å². The molecule has 0 unspecified atom stereocenters. The first-order valence-electron chi connectivity index (χ1n) is 9.02. The van der Waals surface area contributed by atoms with Crippen LogP contribution in [0.25, 0.3) is 0 Å². The highest BCUT2D eigenvalue weighted by molar-refractivity contribution is 7.99. The Kier molecular flexibility index (Phi) is 6.66. The average molecular weight is 411 g/mol. The highest BCUT2D eigenvalue weighted by atomic mass is 32.2. The van der Waals surface area contributed by atoms with Crippen molar-refractivity contribution in [1.82, 2.24) is 10.2 Å². The molecule has 1 aromatic heterocycles. The zero-order valence-corrected chi connectivity index (χ0v) is 17.2. The number of methoxy groups -OCH3 is 1. The fourth-order valence-electron chi connectivity index (χ4n) is 2.55. The number of anilines is 1. The number of rotatable bonds is 7. The van der Waals surface area contributed by atoms with Gasteiger partial charge in [-0.05, 0) is 42.0 Å². The minimum atomic E-state index is -0.464. The van der Waals surface area contributed by atoms with Crippen molar-refractivity contribution in [2.24, 2.45) is 0 Å². The Hall–Kier alpha value is -3.13. The lowest BCUT2D eigenvalue weighted by Crippen LogP contribution is -2.12. The lowest BCUT2D eigenvalue weighted by atomic mass is 10.1. The second-order valence-electron chi connectivity index (χ2n) is 6.51. The van der Waals surface area contributed by atoms with Crippen molar-refractivity contribution in [3.05, 3.63) is 71.1 Å². The zero-order valence-electron chi connectivity index (χ0n) is 16.3. The van der Waals surface area contributed by atoms with Gasteiger partial charge in [0.15, 0.2) is 0 Å². The highest BCUT2D eigenvalue weighted by Crippen LogP contribution is 2.23. The number of thioether (sulfide) groups is 1. The summed E-state index contributed by atoms with van der Waals surface area (Å²) >= 11 is 1.80. The molecule has 3 rings (SSSR count). The summed E-state index contributed by atoms with van der Waals surface area (Å²) in [6.45, 7) is 4.31. The number of ether oxygens (including phenoxy) is 1. The average Bonchev–Trinajstić information content (AvgIpc) is 3.15. The van der Waals surface area contributed by atoms with E-state index in [9.17, 15) is 9.59 Å². The number of carbonyl (C=O) groups is 2. The Bertz CT molecular complexity index is 982. The minimum Gasteiger partial charge on any atom is -0.465 e. The molecule has 7 nitrogen and oxygen atoms in total. The van der Waals surface area contributed by atoms with Crippen molar-refractivity contribution in [2.75, 3.05) is 12.4 Å². The van der Waals surface area contributed by atoms with Crippen molar-refractivity contribution in [2.45, 2.75) is 30.4 Å². The number of carbonyl (C=O) groups excluding carboxylic acids is 2. The van der Waals surface area contributed by atoms with Crippen molar-refractivity contribution >= 4 is 29.7 Å². The molecule has 0 aliphatic carbocycles. The van der Waals surface area contributed by atoms with Crippen LogP contribution in [0, 0.1) is 0 Å². The Labute approximate surface area is 172 Å². The van der Waals surface area contributed by atoms with Crippen LogP contribution in [0.15, 0.2) is 57.8 Å². The fourth-order valence-corrected chi connectivity index (χ4v) is 3.39. The van der Waals surface area contributed by atoms with Gasteiger partial charge in [-0.25, -0.2) is 4.79 Å². The van der Waals surface area contributed by atoms with Gasteiger partial charge in [-0.2, -0.15) is 0 Å². The number of benzene rings is 2. The summed E-state index contributed by atoms with van der Waals surface area (Å²) in [5.74, 6) is -0.466. The smallest absolute Gasteiger partial charge is 0.337 e. The van der Waals surface area contributed by atoms with E-state index in [0.29, 0.717) is 28.7 Å². The van der Waals surface area contributed by atoms with Gasteiger partial charge in [-0.3, -0.25) is 10.1 Å². The molecule has 0 fully saturated rings. The number of amides is 1. The second kappa shape index (κ2) is 9.38. The summed E-state index contributed by atoms with van der Waals surface area (Å²) < 4.78 is 10.2. The van der Waals surface area contributed by atoms with E-state index >= 15 is 0 Å². The number of nitrogens with zero attached hydrogens (tertiary/aromatic N) is 2. The third-order valence-electron chi connectivity index (χ3n) is 3.91. The monoisotopic (exact) mass is 411 g/mol. The topological polar surface area (TPSA) is 94.3 Å². The summed E-state index contributed by atoms with van der Waals surface area (Å²) in [4.78, 5) is 25.0. The predicted molar refractivity (Wildman–Crippen MR) is 110 cm³/mol. The number of hydrogen-bond donors (Lipinski definition) is 1. The number of esters is 1. The molecule has 0 aliphatic rings. The first kappa shape index (κ1) is 20.6. The molecular weight excluding hydrogens is 390 g/mol. The van der Waals surface area contributed by atoms with Crippen LogP contribution in [0.4, 0.5) is 6.01 Å². The van der Waals surface area contributed by atoms with E-state index in [1.54, 1.807) is 11.8 Å². The van der Waals surface area contributed by atoms with E-state index in [2.05, 4.69) is 46.2 Å². The molecule has 0 atom stereocenters. The van der Waals surface area contributed by atoms with Gasteiger partial charge < -0.3 is 9.15 Å². The molecule has 0 saturated heterocycles. The first-order chi connectivity index (χ1) is 13.9. The molecule has 3 aromatic rings. The van der Waals surface area contributed by atoms with E-state index in [1.165, 1.54) is 36.3 Å². The van der Waals surface area contributed by atoms with Gasteiger partial charge in [0.25, 0.3) is 5.91 Å². The maximum Gasteiger partial charge on any atom is 0.337 e. The molecule has 1 amide bonds. The number of nitrogens with one attached hydrogen (secondary N) is 1. The minimum absolute atomic E-state index is 0.0222. The molecule has 0 spiro atoms. The largest absolute Gasteiger partial charge is 0.465 e. The summed E-state index contributed by atoms with van der Waals surface area (Å²) in [5, 5.41) is 10.9. The van der Waals surface area contributed by atoms with Crippen LogP contribution in [-0.4, -0.2) is 34.4 Å². The summed E-state index contributed by atoms with van der Waals surface area (Å²) in [7, 11) is 1.30. The van der Waals surface area contributed by atoms with E-state index in [0.717, 1.165) is 5.56 Å². The van der Waals surface area contributed by atoms with E-state index in [4.69, 9.17) is 4.42 Å². The molecule has 2 aromatic carbocycles. The van der Waals surface area contributed by atoms with Gasteiger partial charge in [0.05, 0.1) is 19.1 Å². The van der Waals surface area contributed by atoms with Crippen LogP contribution < -0.4 is 5.32 Å². The van der Waals surface area contributed by atoms with Gasteiger partial charge in [0.2, 0.25) is 5.89 Å². The molecule has 8 heteroatoms. The van der Waals surface area contributed by atoms with Crippen LogP contribution in [0.3, 0.4) is 0 Å². The molecule has 1 heterocycles. The van der Waals surface area contributed by atoms with Crippen molar-refractivity contribution < 1.29 is 18.7 Å². The molecule has 0 saturated carbocycles. The fraction of sp³-hybridized carbons (Fsp3) is 0.238. The summed E-state index contributed by atoms with van der Waals surface area (Å²) in [6, 6.07) is 14.3. The number of aromatic nitrogens is 2. The molecule has 150 valence electrons. The van der Waals surface area contributed by atoms with Crippen LogP contribution in [0.5, 0.6) is 0 Å². The van der Waals surface area contributed by atoms with Crippen molar-refractivity contribution in [1.29, 1.82) is 0 Å². The normalized spacial score (nSPS) is 10.8. The van der Waals surface area contributed by atoms with Gasteiger partial charge in [0, 0.05) is 15.7 Å². The summed E-state index contributed by atoms with van der Waals surface area (Å²) in [6.07, 6.45) is 0.476. The van der Waals surface area contributed by atoms with Crippen molar-refractivity contribution in [3.8, 4) is 0 Å². The standard InChI is InChI=1S/C21H21N3O4S/c1-13(2)29-17-10-4-14(5-11-17)12-18-23-24-21(28-18)22-19(25)15-6-8-16(9-7-15)20(26)27-3/h4-11,13H,12H2,1-3H3,(H,22,24,25). The number of hydrogen-bond acceptors (Lipinski definition) is 7. The third kappa shape index (κ3) is 5.68. The Morgan fingerprint density at radius 2 is 1.69 bits per heavy atom. The van der Waals surface area contributed by atoms with Crippen molar-refractivity contribution in [3.63, 3.8) is 0 Å². The maximum atomic E-state index is 12.3. The van der Waals surface area contributed by atoms with Crippen LogP contribution in [0.2, 0.25) is 0 Å². The molecule has 0 radical (unpaired) electrons. The molecular formula is C21H21N3O4S. The Morgan fingerprint density at radius 1 is 1.03 bits per heavy atom. The van der Waals surface area contributed by atoms with Gasteiger partial charge >= 0.3 is 12.0 Å². The van der Waals surface area contributed by atoms with E-state index in [-0.39, 0.29) is 6.01 Å². The molecule has 0 bridgehead atoms. The SMILES string of the molecule is COC(=O)c1ccc(C(=O)Nc2nnc(Cc3ccc(SC(C)C)cc3)o2)cc1. The third-order valence-corrected chi connectivity index (χ3v) is 4.92. The van der Waals surface area contributed by atoms with Crippen LogP contribution >= 0.6 is 11.8 Å². The van der Waals surface area contributed by atoms with E-state index < -0.39 is 11.9 Å². The van der Waals surface area contributed by atoms with E-state index in [1.807, 2.05) is 12.1 Å². The summed E-state index contributed by atoms with van der Waals surface area (Å²) in [5.41, 5.74) is 1.76. The maximum absolute atomic E-state index is 12.3. The zero-order chi connectivity index (χ0) is 20.8. The van der Waals surface area contributed by atoms with Gasteiger partial charge in [0.1, 0.15) is 0 Å². The molecule has 1 N–H and O–H groups in total. The van der Waals surface area contributed by atoms with Gasteiger partial charge in [-0.1, -0.05) is 31.1 Å². The lowest BCUT2D eigenvalue weighted by molar-refractivity contribution is 0.0600. The van der Waals surface area contributed by atoms with Gasteiger partial charge in [-0.15, -0.1) is 16.9 Å². The Balaban J connectivity index is 1.59. The first-order valence-corrected chi connectivity index (χ1v) is 9.90. The second-order valence-corrected chi connectivity index (χ2v) is 8.16. The Morgan fingerprint density at radius 3 is 2.31 bits per heavy atom.